The van der Waals surface area contributed by atoms with E-state index in [1.165, 1.54) is 16.9 Å². The average molecular weight is 356 g/mol. The lowest BCUT2D eigenvalue weighted by Crippen LogP contribution is -2.34. The molecule has 2 rings (SSSR count). The Hall–Kier alpha value is -1.02. The van der Waals surface area contributed by atoms with Crippen LogP contribution in [0.3, 0.4) is 0 Å². The van der Waals surface area contributed by atoms with Gasteiger partial charge in [0.05, 0.1) is 0 Å². The molecule has 0 radical (unpaired) electrons. The van der Waals surface area contributed by atoms with Gasteiger partial charge >= 0.3 is 13.3 Å². The molecule has 0 spiro atoms. The topological polar surface area (TPSA) is 104 Å². The van der Waals surface area contributed by atoms with Crippen LogP contribution < -0.4 is 5.73 Å². The van der Waals surface area contributed by atoms with Gasteiger partial charge < -0.3 is 15.8 Å². The van der Waals surface area contributed by atoms with Crippen molar-refractivity contribution in [3.8, 4) is 0 Å². The molecule has 0 saturated heterocycles. The minimum absolute atomic E-state index is 0. The van der Waals surface area contributed by atoms with Crippen molar-refractivity contribution in [1.82, 2.24) is 4.90 Å². The van der Waals surface area contributed by atoms with Crippen LogP contribution in [0.4, 0.5) is 0 Å². The molecule has 0 fully saturated rings. The largest absolute Gasteiger partial charge is 0.451 e. The van der Waals surface area contributed by atoms with E-state index in [9.17, 15) is 0 Å². The summed E-state index contributed by atoms with van der Waals surface area (Å²) in [4.78, 5) is 20.3. The highest BCUT2D eigenvalue weighted by molar-refractivity contribution is 7.10. The van der Waals surface area contributed by atoms with Crippen molar-refractivity contribution in [1.29, 1.82) is 0 Å². The lowest BCUT2D eigenvalue weighted by atomic mass is 9.83. The smallest absolute Gasteiger partial charge is 0.427 e. The molecule has 1 aliphatic heterocycles. The van der Waals surface area contributed by atoms with Gasteiger partial charge in [0.2, 0.25) is 0 Å². The van der Waals surface area contributed by atoms with Gasteiger partial charge in [-0.15, -0.1) is 11.3 Å². The molecule has 1 atom stereocenters. The summed E-state index contributed by atoms with van der Waals surface area (Å²) in [5.74, 6) is 0. The molecule has 0 saturated carbocycles. The second-order valence-electron chi connectivity index (χ2n) is 5.79. The Bertz CT molecular complexity index is 478. The molecule has 0 amide bonds. The van der Waals surface area contributed by atoms with Crippen LogP contribution in [0.25, 0.3) is 0 Å². The van der Waals surface area contributed by atoms with E-state index in [2.05, 4.69) is 16.3 Å². The molecular formula is C16H29BN2O4S. The van der Waals surface area contributed by atoms with E-state index < -0.39 is 7.12 Å². The number of hydrogen-bond donors (Lipinski definition) is 3. The molecule has 24 heavy (non-hydrogen) atoms. The molecule has 2 heterocycles. The first-order valence-corrected chi connectivity index (χ1v) is 8.83. The zero-order valence-electron chi connectivity index (χ0n) is 13.3. The number of nitrogens with zero attached hydrogens (tertiary/aromatic N) is 1. The third-order valence-electron chi connectivity index (χ3n) is 4.01. The van der Waals surface area contributed by atoms with Crippen LogP contribution in [0.2, 0.25) is 6.32 Å². The van der Waals surface area contributed by atoms with Gasteiger partial charge in [0.15, 0.2) is 0 Å². The second-order valence-corrected chi connectivity index (χ2v) is 6.79. The monoisotopic (exact) mass is 356 g/mol. The first-order valence-electron chi connectivity index (χ1n) is 7.95. The highest BCUT2D eigenvalue weighted by atomic mass is 32.1. The standard InChI is InChI=1S/C14H25BN2O2S.CO2.CH4/c16-13(3-1-2-7-15(18)19)5-9-17-8-4-12-6-10-20-14(12)11-17;2-1-3;/h6,10,13,18-19H,1-5,7-9,11,16H2;;1H4. The fourth-order valence-electron chi connectivity index (χ4n) is 2.71. The van der Waals surface area contributed by atoms with E-state index in [0.29, 0.717) is 6.32 Å². The van der Waals surface area contributed by atoms with Crippen molar-refractivity contribution in [3.63, 3.8) is 0 Å². The third kappa shape index (κ3) is 9.32. The van der Waals surface area contributed by atoms with Crippen LogP contribution >= 0.6 is 11.3 Å². The van der Waals surface area contributed by atoms with Crippen molar-refractivity contribution in [2.75, 3.05) is 13.1 Å². The Balaban J connectivity index is 0.00000123. The van der Waals surface area contributed by atoms with Crippen molar-refractivity contribution < 1.29 is 19.6 Å². The van der Waals surface area contributed by atoms with Crippen molar-refractivity contribution in [2.45, 2.75) is 58.4 Å². The van der Waals surface area contributed by atoms with Crippen LogP contribution in [0, 0.1) is 0 Å². The molecule has 1 unspecified atom stereocenters. The Morgan fingerprint density at radius 2 is 2.04 bits per heavy atom. The van der Waals surface area contributed by atoms with E-state index in [1.807, 2.05) is 11.3 Å². The van der Waals surface area contributed by atoms with Gasteiger partial charge in [-0.05, 0) is 42.6 Å². The fourth-order valence-corrected chi connectivity index (χ4v) is 3.68. The van der Waals surface area contributed by atoms with E-state index in [0.717, 1.165) is 45.3 Å². The van der Waals surface area contributed by atoms with Crippen LogP contribution in [0.5, 0.6) is 0 Å². The number of carbonyl (C=O) groups excluding carboxylic acids is 2. The SMILES string of the molecule is C.NC(CCCCB(O)O)CCN1CCc2ccsc2C1.O=C=O. The summed E-state index contributed by atoms with van der Waals surface area (Å²) >= 11 is 1.86. The minimum Gasteiger partial charge on any atom is -0.427 e. The van der Waals surface area contributed by atoms with E-state index in [1.54, 1.807) is 0 Å². The molecule has 1 aromatic rings. The van der Waals surface area contributed by atoms with Gasteiger partial charge in [-0.2, -0.15) is 9.59 Å². The number of hydrogen-bond acceptors (Lipinski definition) is 7. The van der Waals surface area contributed by atoms with E-state index in [-0.39, 0.29) is 19.6 Å². The summed E-state index contributed by atoms with van der Waals surface area (Å²) in [6, 6.07) is 2.48. The van der Waals surface area contributed by atoms with Crippen molar-refractivity contribution in [2.24, 2.45) is 5.73 Å². The van der Waals surface area contributed by atoms with Crippen LogP contribution in [0.1, 0.15) is 43.6 Å². The molecule has 0 aliphatic carbocycles. The Morgan fingerprint density at radius 3 is 2.71 bits per heavy atom. The summed E-state index contributed by atoms with van der Waals surface area (Å²) in [7, 11) is -1.17. The van der Waals surface area contributed by atoms with Crippen LogP contribution in [-0.2, 0) is 22.6 Å². The number of nitrogens with two attached hydrogens (primary N) is 1. The molecule has 4 N–H and O–H groups in total. The van der Waals surface area contributed by atoms with E-state index >= 15 is 0 Å². The Morgan fingerprint density at radius 1 is 1.33 bits per heavy atom. The van der Waals surface area contributed by atoms with Crippen molar-refractivity contribution in [3.05, 3.63) is 21.9 Å². The first kappa shape index (κ1) is 23.0. The molecule has 0 aromatic carbocycles. The maximum atomic E-state index is 8.77. The maximum Gasteiger partial charge on any atom is 0.451 e. The molecule has 1 aliphatic rings. The first-order chi connectivity index (χ1) is 11.1. The molecule has 6 nitrogen and oxygen atoms in total. The van der Waals surface area contributed by atoms with Gasteiger partial charge in [-0.3, -0.25) is 4.90 Å². The highest BCUT2D eigenvalue weighted by Gasteiger charge is 2.17. The number of rotatable bonds is 8. The van der Waals surface area contributed by atoms with Gasteiger partial charge in [0.1, 0.15) is 0 Å². The van der Waals surface area contributed by atoms with Gasteiger partial charge in [0.25, 0.3) is 0 Å². The van der Waals surface area contributed by atoms with Gasteiger partial charge in [-0.1, -0.05) is 20.3 Å². The number of unbranched alkanes of at least 4 members (excludes halogenated alkanes) is 1. The summed E-state index contributed by atoms with van der Waals surface area (Å²) < 4.78 is 0. The van der Waals surface area contributed by atoms with Gasteiger partial charge in [-0.25, -0.2) is 0 Å². The Labute approximate surface area is 148 Å². The summed E-state index contributed by atoms with van der Waals surface area (Å²) in [5, 5.41) is 19.7. The van der Waals surface area contributed by atoms with Crippen LogP contribution in [0.15, 0.2) is 11.4 Å². The molecule has 8 heteroatoms. The van der Waals surface area contributed by atoms with Gasteiger partial charge in [0, 0.05) is 30.6 Å². The number of fused-ring (bicyclic) bond motifs is 1. The zero-order chi connectivity index (χ0) is 17.1. The zero-order valence-corrected chi connectivity index (χ0v) is 14.1. The number of thiophene rings is 1. The predicted molar refractivity (Wildman–Crippen MR) is 96.5 cm³/mol. The summed E-state index contributed by atoms with van der Waals surface area (Å²) in [6.45, 7) is 3.30. The molecule has 136 valence electrons. The van der Waals surface area contributed by atoms with E-state index in [4.69, 9.17) is 25.4 Å². The second kappa shape index (κ2) is 13.3. The lowest BCUT2D eigenvalue weighted by Gasteiger charge is -2.27. The maximum absolute atomic E-state index is 8.77. The minimum atomic E-state index is -1.17. The summed E-state index contributed by atoms with van der Waals surface area (Å²) in [5.41, 5.74) is 7.66. The quantitative estimate of drug-likeness (QED) is 0.482. The van der Waals surface area contributed by atoms with Crippen molar-refractivity contribution >= 4 is 24.6 Å². The predicted octanol–water partition coefficient (Wildman–Crippen LogP) is 1.52. The Kier molecular flexibility index (Phi) is 12.7. The molecule has 1 aromatic heterocycles. The highest BCUT2D eigenvalue weighted by Crippen LogP contribution is 2.24. The average Bonchev–Trinajstić information content (AvgIpc) is 2.97. The fraction of sp³-hybridized carbons (Fsp3) is 0.688. The molecule has 0 bridgehead atoms. The third-order valence-corrected chi connectivity index (χ3v) is 4.95. The normalized spacial score (nSPS) is 14.5. The lowest BCUT2D eigenvalue weighted by molar-refractivity contribution is -0.191. The van der Waals surface area contributed by atoms with Crippen LogP contribution in [-0.4, -0.2) is 47.3 Å². The molecular weight excluding hydrogens is 327 g/mol. The summed E-state index contributed by atoms with van der Waals surface area (Å²) in [6.07, 6.45) is 5.71.